The molecule has 8 heteroatoms. The predicted octanol–water partition coefficient (Wildman–Crippen LogP) is 3.98. The van der Waals surface area contributed by atoms with Crippen LogP contribution in [0.4, 0.5) is 5.13 Å². The summed E-state index contributed by atoms with van der Waals surface area (Å²) in [6, 6.07) is 8.31. The van der Waals surface area contributed by atoms with Gasteiger partial charge in [-0.25, -0.2) is 4.98 Å². The Labute approximate surface area is 151 Å². The lowest BCUT2D eigenvalue weighted by molar-refractivity contribution is 0.649. The number of nitrogens with zero attached hydrogens (tertiary/aromatic N) is 4. The molecule has 2 N–H and O–H groups in total. The summed E-state index contributed by atoms with van der Waals surface area (Å²) in [4.78, 5) is 4.30. The Bertz CT molecular complexity index is 799. The van der Waals surface area contributed by atoms with Crippen LogP contribution in [0.15, 0.2) is 39.3 Å². The highest BCUT2D eigenvalue weighted by atomic mass is 79.9. The maximum Gasteiger partial charge on any atom is 0.191 e. The molecule has 0 aliphatic heterocycles. The fourth-order valence-electron chi connectivity index (χ4n) is 2.21. The van der Waals surface area contributed by atoms with Gasteiger partial charge in [0.15, 0.2) is 10.3 Å². The van der Waals surface area contributed by atoms with Crippen molar-refractivity contribution in [3.63, 3.8) is 0 Å². The zero-order chi connectivity index (χ0) is 16.2. The zero-order valence-corrected chi connectivity index (χ0v) is 15.8. The molecule has 0 saturated carbocycles. The van der Waals surface area contributed by atoms with Gasteiger partial charge in [-0.2, -0.15) is 0 Å². The lowest BCUT2D eigenvalue weighted by Crippen LogP contribution is -2.04. The lowest BCUT2D eigenvalue weighted by Gasteiger charge is -2.06. The van der Waals surface area contributed by atoms with E-state index in [-0.39, 0.29) is 0 Å². The van der Waals surface area contributed by atoms with Crippen LogP contribution >= 0.6 is 39.0 Å². The second kappa shape index (κ2) is 7.46. The van der Waals surface area contributed by atoms with Gasteiger partial charge in [0.05, 0.1) is 12.1 Å². The minimum atomic E-state index is 0.590. The third kappa shape index (κ3) is 4.13. The number of hydrogen-bond donors (Lipinski definition) is 1. The Morgan fingerprint density at radius 3 is 2.91 bits per heavy atom. The number of nitrogen functional groups attached to an aromatic ring is 1. The molecule has 0 spiro atoms. The number of thioether (sulfide) groups is 1. The molecule has 3 aromatic rings. The SMILES string of the molecule is CCn1c(Cc2csc(N)n2)nnc1SCc1cccc(Br)c1. The Morgan fingerprint density at radius 2 is 2.22 bits per heavy atom. The van der Waals surface area contributed by atoms with Gasteiger partial charge in [0, 0.05) is 22.2 Å². The highest BCUT2D eigenvalue weighted by Crippen LogP contribution is 2.24. The van der Waals surface area contributed by atoms with Crippen LogP contribution < -0.4 is 5.73 Å². The average molecular weight is 410 g/mol. The molecule has 1 aromatic carbocycles. The van der Waals surface area contributed by atoms with Crippen molar-refractivity contribution in [2.24, 2.45) is 0 Å². The first kappa shape index (κ1) is 16.5. The van der Waals surface area contributed by atoms with Crippen molar-refractivity contribution in [1.29, 1.82) is 0 Å². The Morgan fingerprint density at radius 1 is 1.35 bits per heavy atom. The van der Waals surface area contributed by atoms with Crippen molar-refractivity contribution in [2.45, 2.75) is 30.8 Å². The summed E-state index contributed by atoms with van der Waals surface area (Å²) in [5, 5.41) is 12.2. The number of halogens is 1. The molecule has 0 saturated heterocycles. The molecule has 2 aromatic heterocycles. The summed E-state index contributed by atoms with van der Waals surface area (Å²) in [5.41, 5.74) is 7.89. The summed E-state index contributed by atoms with van der Waals surface area (Å²) in [6.07, 6.45) is 0.659. The van der Waals surface area contributed by atoms with Crippen molar-refractivity contribution in [1.82, 2.24) is 19.7 Å². The first-order valence-electron chi connectivity index (χ1n) is 7.15. The van der Waals surface area contributed by atoms with E-state index in [2.05, 4.69) is 54.7 Å². The van der Waals surface area contributed by atoms with Crippen molar-refractivity contribution in [2.75, 3.05) is 5.73 Å². The molecule has 5 nitrogen and oxygen atoms in total. The van der Waals surface area contributed by atoms with E-state index in [4.69, 9.17) is 5.73 Å². The Kier molecular flexibility index (Phi) is 5.34. The number of nitrogens with two attached hydrogens (primary N) is 1. The van der Waals surface area contributed by atoms with Gasteiger partial charge in [-0.15, -0.1) is 21.5 Å². The van der Waals surface area contributed by atoms with Crippen LogP contribution in [-0.4, -0.2) is 19.7 Å². The maximum atomic E-state index is 5.69. The quantitative estimate of drug-likeness (QED) is 0.623. The highest BCUT2D eigenvalue weighted by molar-refractivity contribution is 9.10. The molecular formula is C15H16BrN5S2. The van der Waals surface area contributed by atoms with E-state index in [9.17, 15) is 0 Å². The second-order valence-corrected chi connectivity index (χ2v) is 7.66. The number of thiazole rings is 1. The standard InChI is InChI=1S/C15H16BrN5S2/c1-2-21-13(7-12-9-22-14(17)18-12)19-20-15(21)23-8-10-4-3-5-11(16)6-10/h3-6,9H,2,7-8H2,1H3,(H2,17,18). The van der Waals surface area contributed by atoms with Crippen LogP contribution in [0, 0.1) is 0 Å². The highest BCUT2D eigenvalue weighted by Gasteiger charge is 2.13. The van der Waals surface area contributed by atoms with Crippen molar-refractivity contribution in [3.05, 3.63) is 51.2 Å². The summed E-state index contributed by atoms with van der Waals surface area (Å²) in [6.45, 7) is 2.94. The molecule has 0 unspecified atom stereocenters. The van der Waals surface area contributed by atoms with E-state index in [1.807, 2.05) is 17.5 Å². The Hall–Kier alpha value is -1.38. The second-order valence-electron chi connectivity index (χ2n) is 4.92. The van der Waals surface area contributed by atoms with Crippen molar-refractivity contribution >= 4 is 44.2 Å². The zero-order valence-electron chi connectivity index (χ0n) is 12.6. The van der Waals surface area contributed by atoms with E-state index in [0.717, 1.165) is 33.4 Å². The molecule has 0 bridgehead atoms. The maximum absolute atomic E-state index is 5.69. The van der Waals surface area contributed by atoms with Gasteiger partial charge in [-0.3, -0.25) is 0 Å². The van der Waals surface area contributed by atoms with Gasteiger partial charge in [0.1, 0.15) is 5.82 Å². The van der Waals surface area contributed by atoms with E-state index >= 15 is 0 Å². The third-order valence-corrected chi connectivity index (χ3v) is 5.53. The largest absolute Gasteiger partial charge is 0.375 e. The third-order valence-electron chi connectivity index (χ3n) is 3.28. The normalized spacial score (nSPS) is 11.0. The van der Waals surface area contributed by atoms with Crippen LogP contribution in [0.3, 0.4) is 0 Å². The number of benzene rings is 1. The average Bonchev–Trinajstić information content (AvgIpc) is 3.11. The summed E-state index contributed by atoms with van der Waals surface area (Å²) in [7, 11) is 0. The molecule has 120 valence electrons. The molecule has 0 aliphatic rings. The number of anilines is 1. The summed E-state index contributed by atoms with van der Waals surface area (Å²) < 4.78 is 3.23. The first-order chi connectivity index (χ1) is 11.2. The molecule has 0 atom stereocenters. The van der Waals surface area contributed by atoms with Crippen LogP contribution in [-0.2, 0) is 18.7 Å². The Balaban J connectivity index is 1.72. The topological polar surface area (TPSA) is 69.6 Å². The van der Waals surface area contributed by atoms with Crippen molar-refractivity contribution < 1.29 is 0 Å². The molecule has 0 fully saturated rings. The predicted molar refractivity (Wildman–Crippen MR) is 98.7 cm³/mol. The van der Waals surface area contributed by atoms with Crippen LogP contribution in [0.2, 0.25) is 0 Å². The monoisotopic (exact) mass is 409 g/mol. The van der Waals surface area contributed by atoms with E-state index in [1.54, 1.807) is 11.8 Å². The molecular weight excluding hydrogens is 394 g/mol. The van der Waals surface area contributed by atoms with E-state index in [1.165, 1.54) is 16.9 Å². The van der Waals surface area contributed by atoms with Crippen LogP contribution in [0.5, 0.6) is 0 Å². The first-order valence-corrected chi connectivity index (χ1v) is 9.80. The van der Waals surface area contributed by atoms with Gasteiger partial charge in [-0.1, -0.05) is 39.8 Å². The van der Waals surface area contributed by atoms with Gasteiger partial charge in [0.2, 0.25) is 0 Å². The molecule has 2 heterocycles. The fourth-order valence-corrected chi connectivity index (χ4v) is 4.19. The van der Waals surface area contributed by atoms with Gasteiger partial charge in [0.25, 0.3) is 0 Å². The molecule has 0 amide bonds. The van der Waals surface area contributed by atoms with Crippen LogP contribution in [0.25, 0.3) is 0 Å². The van der Waals surface area contributed by atoms with Gasteiger partial charge in [-0.05, 0) is 24.6 Å². The lowest BCUT2D eigenvalue weighted by atomic mass is 10.2. The van der Waals surface area contributed by atoms with Crippen molar-refractivity contribution in [3.8, 4) is 0 Å². The number of hydrogen-bond acceptors (Lipinski definition) is 6. The number of rotatable bonds is 6. The molecule has 0 radical (unpaired) electrons. The smallest absolute Gasteiger partial charge is 0.191 e. The van der Waals surface area contributed by atoms with Crippen LogP contribution in [0.1, 0.15) is 24.0 Å². The fraction of sp³-hybridized carbons (Fsp3) is 0.267. The van der Waals surface area contributed by atoms with E-state index in [0.29, 0.717) is 11.6 Å². The van der Waals surface area contributed by atoms with E-state index < -0.39 is 0 Å². The minimum absolute atomic E-state index is 0.590. The molecule has 23 heavy (non-hydrogen) atoms. The van der Waals surface area contributed by atoms with Gasteiger partial charge >= 0.3 is 0 Å². The summed E-state index contributed by atoms with van der Waals surface area (Å²) in [5.74, 6) is 1.79. The molecule has 0 aliphatic carbocycles. The minimum Gasteiger partial charge on any atom is -0.375 e. The van der Waals surface area contributed by atoms with Gasteiger partial charge < -0.3 is 10.3 Å². The molecule has 3 rings (SSSR count). The number of aromatic nitrogens is 4. The summed E-state index contributed by atoms with van der Waals surface area (Å²) >= 11 is 6.65.